The molecule has 1 unspecified atom stereocenters. The maximum absolute atomic E-state index is 5.99. The molecule has 4 heteroatoms. The molecule has 0 saturated carbocycles. The molecule has 1 aliphatic rings. The van der Waals surface area contributed by atoms with Crippen LogP contribution in [0.1, 0.15) is 37.9 Å². The maximum atomic E-state index is 5.99. The van der Waals surface area contributed by atoms with Crippen LogP contribution in [0.2, 0.25) is 0 Å². The number of fused-ring (bicyclic) bond motifs is 1. The van der Waals surface area contributed by atoms with Crippen molar-refractivity contribution in [2.45, 2.75) is 32.2 Å². The third kappa shape index (κ3) is 2.28. The van der Waals surface area contributed by atoms with Crippen LogP contribution in [0.15, 0.2) is 24.3 Å². The first-order valence-corrected chi connectivity index (χ1v) is 7.03. The monoisotopic (exact) mass is 256 g/mol. The van der Waals surface area contributed by atoms with Gasteiger partial charge in [-0.15, -0.1) is 5.10 Å². The molecular formula is C15H20N4. The third-order valence-corrected chi connectivity index (χ3v) is 3.78. The molecule has 4 nitrogen and oxygen atoms in total. The summed E-state index contributed by atoms with van der Waals surface area (Å²) in [6.45, 7) is 4.11. The van der Waals surface area contributed by atoms with Crippen LogP contribution in [0.25, 0.3) is 10.8 Å². The second-order valence-electron chi connectivity index (χ2n) is 5.29. The lowest BCUT2D eigenvalue weighted by molar-refractivity contribution is 0.572. The lowest BCUT2D eigenvalue weighted by atomic mass is 10.1. The van der Waals surface area contributed by atoms with Gasteiger partial charge in [0.25, 0.3) is 0 Å². The van der Waals surface area contributed by atoms with E-state index in [1.807, 2.05) is 13.0 Å². The number of anilines is 1. The zero-order valence-corrected chi connectivity index (χ0v) is 11.3. The molecule has 1 atom stereocenters. The highest BCUT2D eigenvalue weighted by Gasteiger charge is 2.18. The van der Waals surface area contributed by atoms with Gasteiger partial charge in [0.15, 0.2) is 5.82 Å². The normalized spacial score (nSPS) is 17.7. The fourth-order valence-electron chi connectivity index (χ4n) is 2.79. The van der Waals surface area contributed by atoms with Gasteiger partial charge >= 0.3 is 0 Å². The van der Waals surface area contributed by atoms with Crippen molar-refractivity contribution in [3.63, 3.8) is 0 Å². The van der Waals surface area contributed by atoms with Gasteiger partial charge in [0.1, 0.15) is 0 Å². The molecule has 2 aromatic rings. The highest BCUT2D eigenvalue weighted by Crippen LogP contribution is 2.29. The van der Waals surface area contributed by atoms with Crippen LogP contribution in [0.5, 0.6) is 0 Å². The number of piperidine rings is 1. The Morgan fingerprint density at radius 2 is 1.74 bits per heavy atom. The lowest BCUT2D eigenvalue weighted by Crippen LogP contribution is -2.30. The number of hydrogen-bond acceptors (Lipinski definition) is 4. The van der Waals surface area contributed by atoms with Crippen LogP contribution >= 0.6 is 0 Å². The molecule has 1 aromatic carbocycles. The largest absolute Gasteiger partial charge is 0.355 e. The van der Waals surface area contributed by atoms with Gasteiger partial charge in [0.2, 0.25) is 0 Å². The van der Waals surface area contributed by atoms with Crippen LogP contribution in [0.4, 0.5) is 5.82 Å². The average molecular weight is 256 g/mol. The molecule has 0 bridgehead atoms. The van der Waals surface area contributed by atoms with Gasteiger partial charge in [0, 0.05) is 29.9 Å². The van der Waals surface area contributed by atoms with E-state index >= 15 is 0 Å². The number of benzene rings is 1. The Bertz CT molecular complexity index is 573. The van der Waals surface area contributed by atoms with E-state index in [1.54, 1.807) is 0 Å². The maximum Gasteiger partial charge on any atom is 0.159 e. The van der Waals surface area contributed by atoms with Gasteiger partial charge in [-0.2, -0.15) is 5.10 Å². The molecule has 2 N–H and O–H groups in total. The second kappa shape index (κ2) is 5.13. The minimum atomic E-state index is -0.0900. The number of nitrogens with zero attached hydrogens (tertiary/aromatic N) is 3. The average Bonchev–Trinajstić information content (AvgIpc) is 2.47. The Morgan fingerprint density at radius 3 is 2.42 bits per heavy atom. The van der Waals surface area contributed by atoms with Crippen molar-refractivity contribution < 1.29 is 0 Å². The molecule has 3 rings (SSSR count). The Kier molecular flexibility index (Phi) is 3.34. The molecule has 0 spiro atoms. The van der Waals surface area contributed by atoms with Gasteiger partial charge in [0.05, 0.1) is 5.69 Å². The molecule has 0 aliphatic carbocycles. The van der Waals surface area contributed by atoms with Crippen molar-refractivity contribution >= 4 is 16.6 Å². The van der Waals surface area contributed by atoms with Gasteiger partial charge < -0.3 is 10.6 Å². The summed E-state index contributed by atoms with van der Waals surface area (Å²) in [5, 5.41) is 11.1. The first-order valence-electron chi connectivity index (χ1n) is 7.03. The molecule has 0 radical (unpaired) electrons. The quantitative estimate of drug-likeness (QED) is 0.897. The Labute approximate surface area is 113 Å². The number of nitrogens with two attached hydrogens (primary N) is 1. The number of hydrogen-bond donors (Lipinski definition) is 1. The summed E-state index contributed by atoms with van der Waals surface area (Å²) >= 11 is 0. The van der Waals surface area contributed by atoms with E-state index in [-0.39, 0.29) is 6.04 Å². The van der Waals surface area contributed by atoms with E-state index in [2.05, 4.69) is 33.3 Å². The standard InChI is InChI=1S/C15H20N4/c1-11(16)14-12-7-3-4-8-13(12)15(18-17-14)19-9-5-2-6-10-19/h3-4,7-8,11H,2,5-6,9-10,16H2,1H3. The second-order valence-corrected chi connectivity index (χ2v) is 5.29. The molecule has 2 heterocycles. The van der Waals surface area contributed by atoms with E-state index in [0.717, 1.165) is 30.0 Å². The molecule has 1 saturated heterocycles. The Hall–Kier alpha value is -1.68. The number of aromatic nitrogens is 2. The smallest absolute Gasteiger partial charge is 0.159 e. The molecule has 100 valence electrons. The van der Waals surface area contributed by atoms with Crippen LogP contribution in [0, 0.1) is 0 Å². The Morgan fingerprint density at radius 1 is 1.05 bits per heavy atom. The molecule has 0 amide bonds. The summed E-state index contributed by atoms with van der Waals surface area (Å²) in [5.41, 5.74) is 6.88. The molecule has 1 aromatic heterocycles. The van der Waals surface area contributed by atoms with Gasteiger partial charge in [-0.05, 0) is 26.2 Å². The summed E-state index contributed by atoms with van der Waals surface area (Å²) in [5.74, 6) is 1.01. The molecule has 1 fully saturated rings. The van der Waals surface area contributed by atoms with E-state index in [9.17, 15) is 0 Å². The summed E-state index contributed by atoms with van der Waals surface area (Å²) in [6, 6.07) is 8.22. The lowest BCUT2D eigenvalue weighted by Gasteiger charge is -2.28. The summed E-state index contributed by atoms with van der Waals surface area (Å²) < 4.78 is 0. The van der Waals surface area contributed by atoms with Gasteiger partial charge in [-0.3, -0.25) is 0 Å². The SMILES string of the molecule is CC(N)c1nnc(N2CCCCC2)c2ccccc12. The van der Waals surface area contributed by atoms with E-state index < -0.39 is 0 Å². The van der Waals surface area contributed by atoms with Crippen LogP contribution < -0.4 is 10.6 Å². The van der Waals surface area contributed by atoms with Crippen molar-refractivity contribution in [2.75, 3.05) is 18.0 Å². The predicted molar refractivity (Wildman–Crippen MR) is 78.2 cm³/mol. The zero-order chi connectivity index (χ0) is 13.2. The van der Waals surface area contributed by atoms with Gasteiger partial charge in [-0.25, -0.2) is 0 Å². The van der Waals surface area contributed by atoms with E-state index in [4.69, 9.17) is 5.73 Å². The third-order valence-electron chi connectivity index (χ3n) is 3.78. The molecule has 19 heavy (non-hydrogen) atoms. The first kappa shape index (κ1) is 12.4. The first-order chi connectivity index (χ1) is 9.27. The highest BCUT2D eigenvalue weighted by molar-refractivity contribution is 5.93. The van der Waals surface area contributed by atoms with Crippen molar-refractivity contribution in [1.82, 2.24) is 10.2 Å². The summed E-state index contributed by atoms with van der Waals surface area (Å²) in [6.07, 6.45) is 3.80. The number of rotatable bonds is 2. The predicted octanol–water partition coefficient (Wildman–Crippen LogP) is 2.64. The van der Waals surface area contributed by atoms with Crippen molar-refractivity contribution in [2.24, 2.45) is 5.73 Å². The Balaban J connectivity index is 2.13. The van der Waals surface area contributed by atoms with Crippen LogP contribution in [0.3, 0.4) is 0 Å². The fourth-order valence-corrected chi connectivity index (χ4v) is 2.79. The minimum absolute atomic E-state index is 0.0900. The van der Waals surface area contributed by atoms with E-state index in [0.29, 0.717) is 0 Å². The van der Waals surface area contributed by atoms with Crippen molar-refractivity contribution in [3.05, 3.63) is 30.0 Å². The fraction of sp³-hybridized carbons (Fsp3) is 0.467. The highest BCUT2D eigenvalue weighted by atomic mass is 15.3. The van der Waals surface area contributed by atoms with E-state index in [1.165, 1.54) is 24.6 Å². The van der Waals surface area contributed by atoms with Crippen molar-refractivity contribution in [3.8, 4) is 0 Å². The summed E-state index contributed by atoms with van der Waals surface area (Å²) in [7, 11) is 0. The topological polar surface area (TPSA) is 55.0 Å². The molecular weight excluding hydrogens is 236 g/mol. The van der Waals surface area contributed by atoms with Crippen LogP contribution in [-0.2, 0) is 0 Å². The van der Waals surface area contributed by atoms with Crippen molar-refractivity contribution in [1.29, 1.82) is 0 Å². The molecule has 1 aliphatic heterocycles. The summed E-state index contributed by atoms with van der Waals surface area (Å²) in [4.78, 5) is 2.35. The van der Waals surface area contributed by atoms with Crippen LogP contribution in [-0.4, -0.2) is 23.3 Å². The minimum Gasteiger partial charge on any atom is -0.355 e. The zero-order valence-electron chi connectivity index (χ0n) is 11.3. The van der Waals surface area contributed by atoms with Gasteiger partial charge in [-0.1, -0.05) is 24.3 Å².